The van der Waals surface area contributed by atoms with Crippen LogP contribution >= 0.6 is 10.8 Å². The predicted molar refractivity (Wildman–Crippen MR) is 165 cm³/mol. The quantitative estimate of drug-likeness (QED) is 0.129. The molecule has 14 heteroatoms. The summed E-state index contributed by atoms with van der Waals surface area (Å²) in [6.07, 6.45) is -4.83. The van der Waals surface area contributed by atoms with Gasteiger partial charge in [0.05, 0.1) is 34.7 Å². The monoisotopic (exact) mass is 656 g/mol. The molecule has 2 atom stereocenters. The maximum atomic E-state index is 16.0. The smallest absolute Gasteiger partial charge is 0.390 e. The van der Waals surface area contributed by atoms with Gasteiger partial charge in [-0.25, -0.2) is 8.78 Å². The van der Waals surface area contributed by atoms with Crippen molar-refractivity contribution in [1.82, 2.24) is 10.6 Å². The molecule has 1 heterocycles. The number of aliphatic hydroxyl groups excluding tert-OH is 1. The number of hydrogen-bond acceptors (Lipinski definition) is 7. The van der Waals surface area contributed by atoms with Gasteiger partial charge < -0.3 is 21.1 Å². The lowest BCUT2D eigenvalue weighted by atomic mass is 10.00. The molecule has 0 bridgehead atoms. The summed E-state index contributed by atoms with van der Waals surface area (Å²) in [6, 6.07) is 13.3. The number of halogens is 5. The van der Waals surface area contributed by atoms with Crippen LogP contribution in [0, 0.1) is 11.6 Å². The van der Waals surface area contributed by atoms with E-state index in [2.05, 4.69) is 16.0 Å². The zero-order chi connectivity index (χ0) is 32.8. The van der Waals surface area contributed by atoms with Crippen LogP contribution < -0.4 is 20.3 Å². The second kappa shape index (κ2) is 14.8. The van der Waals surface area contributed by atoms with E-state index in [1.165, 1.54) is 22.5 Å². The Morgan fingerprint density at radius 2 is 1.76 bits per heavy atom. The van der Waals surface area contributed by atoms with Gasteiger partial charge in [-0.15, -0.1) is 10.8 Å². The number of carbonyl (C=O) groups excluding carboxylic acids is 1. The second-order valence-corrected chi connectivity index (χ2v) is 12.9. The van der Waals surface area contributed by atoms with Crippen LogP contribution in [0.5, 0.6) is 0 Å². The number of benzene rings is 3. The fourth-order valence-electron chi connectivity index (χ4n) is 5.15. The van der Waals surface area contributed by atoms with Crippen LogP contribution in [0.1, 0.15) is 46.8 Å². The van der Waals surface area contributed by atoms with Crippen molar-refractivity contribution in [2.75, 3.05) is 35.0 Å². The van der Waals surface area contributed by atoms with Crippen LogP contribution in [0.4, 0.5) is 33.3 Å². The maximum Gasteiger partial charge on any atom is 0.419 e. The lowest BCUT2D eigenvalue weighted by Gasteiger charge is -2.47. The Morgan fingerprint density at radius 3 is 2.42 bits per heavy atom. The van der Waals surface area contributed by atoms with Gasteiger partial charge >= 0.3 is 6.18 Å². The summed E-state index contributed by atoms with van der Waals surface area (Å²) in [4.78, 5) is 13.6. The molecule has 0 saturated carbocycles. The normalized spacial score (nSPS) is 17.0. The highest BCUT2D eigenvalue weighted by molar-refractivity contribution is 8.25. The van der Waals surface area contributed by atoms with E-state index in [-0.39, 0.29) is 48.6 Å². The molecule has 6 N–H and O–H groups in total. The topological polar surface area (TPSA) is 117 Å². The van der Waals surface area contributed by atoms with Gasteiger partial charge in [0.2, 0.25) is 0 Å². The molecule has 0 aliphatic carbocycles. The number of alkyl halides is 3. The summed E-state index contributed by atoms with van der Waals surface area (Å²) >= 11 is 0. The standard InChI is InChI=1S/C31H37F5N4O4S/c1-2-38-22-16-23(29(33)27(17-22)40-12-6-7-13-45(40,43)44)30(42)39-26(15-20-8-4-3-5-9-20)28(41)19-37-18-21-10-11-25(32)24(14-21)31(34,35)36/h3-5,8-11,14,16-17,26,28,37-38,41,43-44H,2,6-7,12-13,15,18-19H2,1H3,(H,39,42). The zero-order valence-electron chi connectivity index (χ0n) is 24.6. The first kappa shape index (κ1) is 34.4. The first-order valence-corrected chi connectivity index (χ1v) is 16.2. The summed E-state index contributed by atoms with van der Waals surface area (Å²) in [5.74, 6) is -3.11. The molecule has 1 aliphatic heterocycles. The van der Waals surface area contributed by atoms with Crippen molar-refractivity contribution in [3.05, 3.63) is 94.6 Å². The Labute approximate surface area is 260 Å². The van der Waals surface area contributed by atoms with Gasteiger partial charge in [-0.3, -0.25) is 18.2 Å². The van der Waals surface area contributed by atoms with E-state index in [9.17, 15) is 36.6 Å². The molecule has 0 aromatic heterocycles. The lowest BCUT2D eigenvalue weighted by Crippen LogP contribution is -2.49. The Hall–Kier alpha value is -3.43. The molecule has 8 nitrogen and oxygen atoms in total. The number of hydrogen-bond donors (Lipinski definition) is 6. The summed E-state index contributed by atoms with van der Waals surface area (Å²) in [5.41, 5.74) is -0.619. The highest BCUT2D eigenvalue weighted by Crippen LogP contribution is 2.51. The predicted octanol–water partition coefficient (Wildman–Crippen LogP) is 6.17. The molecular weight excluding hydrogens is 619 g/mol. The molecule has 0 radical (unpaired) electrons. The second-order valence-electron chi connectivity index (χ2n) is 10.8. The summed E-state index contributed by atoms with van der Waals surface area (Å²) in [5, 5.41) is 19.7. The third-order valence-corrected chi connectivity index (χ3v) is 9.35. The van der Waals surface area contributed by atoms with E-state index in [0.717, 1.165) is 11.6 Å². The molecular formula is C31H37F5N4O4S. The molecule has 1 amide bonds. The van der Waals surface area contributed by atoms with E-state index in [4.69, 9.17) is 0 Å². The molecule has 1 aliphatic rings. The van der Waals surface area contributed by atoms with Gasteiger partial charge in [0.25, 0.3) is 5.91 Å². The number of rotatable bonds is 12. The minimum absolute atomic E-state index is 0.0766. The average Bonchev–Trinajstić information content (AvgIpc) is 2.98. The van der Waals surface area contributed by atoms with Gasteiger partial charge in [-0.2, -0.15) is 13.2 Å². The van der Waals surface area contributed by atoms with Crippen LogP contribution in [0.25, 0.3) is 0 Å². The summed E-state index contributed by atoms with van der Waals surface area (Å²) in [7, 11) is -3.29. The number of amides is 1. The van der Waals surface area contributed by atoms with Gasteiger partial charge in [-0.05, 0) is 61.6 Å². The number of nitrogens with zero attached hydrogens (tertiary/aromatic N) is 1. The molecule has 246 valence electrons. The third kappa shape index (κ3) is 8.85. The van der Waals surface area contributed by atoms with Crippen molar-refractivity contribution < 1.29 is 41.0 Å². The Bertz CT molecular complexity index is 1460. The van der Waals surface area contributed by atoms with Gasteiger partial charge in [0.15, 0.2) is 5.82 Å². The highest BCUT2D eigenvalue weighted by atomic mass is 32.3. The first-order valence-electron chi connectivity index (χ1n) is 14.5. The largest absolute Gasteiger partial charge is 0.419 e. The Balaban J connectivity index is 1.56. The van der Waals surface area contributed by atoms with Crippen LogP contribution in [0.3, 0.4) is 0 Å². The zero-order valence-corrected chi connectivity index (χ0v) is 25.4. The van der Waals surface area contributed by atoms with E-state index < -0.39 is 52.2 Å². The van der Waals surface area contributed by atoms with Crippen LogP contribution in [0.15, 0.2) is 60.7 Å². The molecule has 4 rings (SSSR count). The molecule has 1 fully saturated rings. The van der Waals surface area contributed by atoms with Crippen molar-refractivity contribution in [2.24, 2.45) is 0 Å². The molecule has 1 saturated heterocycles. The van der Waals surface area contributed by atoms with Crippen LogP contribution in [0.2, 0.25) is 0 Å². The van der Waals surface area contributed by atoms with Crippen molar-refractivity contribution in [2.45, 2.75) is 51.1 Å². The van der Waals surface area contributed by atoms with Crippen molar-refractivity contribution in [3.63, 3.8) is 0 Å². The van der Waals surface area contributed by atoms with Crippen LogP contribution in [-0.4, -0.2) is 57.7 Å². The van der Waals surface area contributed by atoms with Crippen molar-refractivity contribution in [3.8, 4) is 0 Å². The van der Waals surface area contributed by atoms with Gasteiger partial charge in [-0.1, -0.05) is 36.4 Å². The summed E-state index contributed by atoms with van der Waals surface area (Å²) in [6.45, 7) is 2.15. The number of nitrogens with one attached hydrogen (secondary N) is 3. The average molecular weight is 657 g/mol. The fourth-order valence-corrected chi connectivity index (χ4v) is 6.83. The first-order chi connectivity index (χ1) is 21.3. The maximum absolute atomic E-state index is 16.0. The van der Waals surface area contributed by atoms with E-state index in [1.807, 2.05) is 6.92 Å². The minimum Gasteiger partial charge on any atom is -0.390 e. The SMILES string of the molecule is CCNc1cc(C(=O)NC(Cc2ccccc2)C(O)CNCc2ccc(F)c(C(F)(F)F)c2)c(F)c(N2CCCCS2(O)O)c1. The molecule has 3 aromatic rings. The molecule has 3 aromatic carbocycles. The number of carbonyl (C=O) groups is 1. The molecule has 2 unspecified atom stereocenters. The molecule has 0 spiro atoms. The number of aliphatic hydroxyl groups is 1. The van der Waals surface area contributed by atoms with Gasteiger partial charge in [0, 0.05) is 31.9 Å². The third-order valence-electron chi connectivity index (χ3n) is 7.43. The minimum atomic E-state index is -4.87. The highest BCUT2D eigenvalue weighted by Gasteiger charge is 2.34. The molecule has 45 heavy (non-hydrogen) atoms. The lowest BCUT2D eigenvalue weighted by molar-refractivity contribution is -0.140. The van der Waals surface area contributed by atoms with E-state index >= 15 is 4.39 Å². The Kier molecular flexibility index (Phi) is 11.3. The summed E-state index contributed by atoms with van der Waals surface area (Å²) < 4.78 is 91.5. The van der Waals surface area contributed by atoms with Crippen molar-refractivity contribution in [1.29, 1.82) is 0 Å². The van der Waals surface area contributed by atoms with Crippen LogP contribution in [-0.2, 0) is 19.1 Å². The van der Waals surface area contributed by atoms with E-state index in [1.54, 1.807) is 30.3 Å². The van der Waals surface area contributed by atoms with Gasteiger partial charge in [0.1, 0.15) is 5.82 Å². The van der Waals surface area contributed by atoms with E-state index in [0.29, 0.717) is 31.1 Å². The Morgan fingerprint density at radius 1 is 1.02 bits per heavy atom. The fraction of sp³-hybridized carbons (Fsp3) is 0.387. The number of anilines is 2. The van der Waals surface area contributed by atoms with Crippen molar-refractivity contribution >= 4 is 28.1 Å².